The van der Waals surface area contributed by atoms with Gasteiger partial charge in [-0.15, -0.1) is 0 Å². The third kappa shape index (κ3) is 4.96. The standard InChI is InChI=1S/C32H32N2O7/c1-5-8-20-9-6-11-24-23(20)10-7-12-26(24)40-17-25-19(4)28-27(18(2)3)30(35)33(28)29(25)32(37)41-31(36)21-13-15-22(16-14-21)34(38)39/h6-7,9-16,18-19,27-28H,5,8,17H2,1-4H3/t19-,27+,28+/m0/s1. The van der Waals surface area contributed by atoms with E-state index in [0.717, 1.165) is 35.7 Å². The smallest absolute Gasteiger partial charge is 0.363 e. The summed E-state index contributed by atoms with van der Waals surface area (Å²) in [5, 5.41) is 13.0. The number of ether oxygens (including phenoxy) is 2. The van der Waals surface area contributed by atoms with Gasteiger partial charge in [0.1, 0.15) is 18.1 Å². The molecule has 0 aliphatic carbocycles. The Morgan fingerprint density at radius 1 is 1.00 bits per heavy atom. The van der Waals surface area contributed by atoms with Crippen LogP contribution in [0.15, 0.2) is 71.9 Å². The minimum Gasteiger partial charge on any atom is -0.488 e. The normalized spacial score (nSPS) is 19.8. The van der Waals surface area contributed by atoms with Crippen LogP contribution in [0.2, 0.25) is 0 Å². The number of non-ortho nitro benzene ring substituents is 1. The Balaban J connectivity index is 1.45. The largest absolute Gasteiger partial charge is 0.488 e. The van der Waals surface area contributed by atoms with E-state index in [1.807, 2.05) is 45.0 Å². The maximum atomic E-state index is 13.5. The molecular formula is C32H32N2O7. The molecule has 0 saturated carbocycles. The van der Waals surface area contributed by atoms with E-state index < -0.39 is 16.9 Å². The zero-order valence-electron chi connectivity index (χ0n) is 23.5. The average molecular weight is 557 g/mol. The van der Waals surface area contributed by atoms with E-state index in [4.69, 9.17) is 9.47 Å². The van der Waals surface area contributed by atoms with Gasteiger partial charge < -0.3 is 14.4 Å². The number of esters is 2. The minimum atomic E-state index is -0.959. The zero-order valence-corrected chi connectivity index (χ0v) is 23.5. The first-order valence-electron chi connectivity index (χ1n) is 13.8. The van der Waals surface area contributed by atoms with Crippen molar-refractivity contribution >= 4 is 34.3 Å². The molecule has 1 saturated heterocycles. The third-order valence-electron chi connectivity index (χ3n) is 8.08. The van der Waals surface area contributed by atoms with Crippen LogP contribution < -0.4 is 4.74 Å². The van der Waals surface area contributed by atoms with Crippen molar-refractivity contribution in [3.05, 3.63) is 93.2 Å². The van der Waals surface area contributed by atoms with Crippen LogP contribution in [0.4, 0.5) is 5.69 Å². The molecule has 41 heavy (non-hydrogen) atoms. The number of β-lactam (4-membered cyclic amide) rings is 1. The Morgan fingerprint density at radius 3 is 2.34 bits per heavy atom. The summed E-state index contributed by atoms with van der Waals surface area (Å²) in [6, 6.07) is 16.5. The Kier molecular flexibility index (Phi) is 7.62. The van der Waals surface area contributed by atoms with Gasteiger partial charge in [-0.1, -0.05) is 64.4 Å². The number of amides is 1. The number of rotatable bonds is 9. The van der Waals surface area contributed by atoms with Gasteiger partial charge in [0.05, 0.1) is 22.4 Å². The van der Waals surface area contributed by atoms with Gasteiger partial charge in [-0.3, -0.25) is 14.9 Å². The van der Waals surface area contributed by atoms with Gasteiger partial charge in [0.25, 0.3) is 5.69 Å². The van der Waals surface area contributed by atoms with Crippen LogP contribution in [0.3, 0.4) is 0 Å². The molecule has 0 N–H and O–H groups in total. The Bertz CT molecular complexity index is 1570. The first kappa shape index (κ1) is 28.0. The molecule has 0 spiro atoms. The predicted octanol–water partition coefficient (Wildman–Crippen LogP) is 5.85. The zero-order chi connectivity index (χ0) is 29.4. The lowest BCUT2D eigenvalue weighted by Gasteiger charge is -2.47. The second kappa shape index (κ2) is 11.2. The molecule has 0 aromatic heterocycles. The van der Waals surface area contributed by atoms with E-state index in [0.29, 0.717) is 11.3 Å². The molecule has 9 nitrogen and oxygen atoms in total. The van der Waals surface area contributed by atoms with Gasteiger partial charge in [-0.25, -0.2) is 9.59 Å². The second-order valence-corrected chi connectivity index (χ2v) is 10.9. The summed E-state index contributed by atoms with van der Waals surface area (Å²) >= 11 is 0. The van der Waals surface area contributed by atoms with Crippen molar-refractivity contribution in [1.29, 1.82) is 0 Å². The fourth-order valence-electron chi connectivity index (χ4n) is 6.04. The maximum Gasteiger partial charge on any atom is 0.363 e. The minimum absolute atomic E-state index is 0.0152. The van der Waals surface area contributed by atoms with Crippen LogP contribution >= 0.6 is 0 Å². The van der Waals surface area contributed by atoms with Crippen molar-refractivity contribution in [1.82, 2.24) is 4.90 Å². The lowest BCUT2D eigenvalue weighted by Crippen LogP contribution is -2.62. The highest BCUT2D eigenvalue weighted by molar-refractivity contribution is 6.06. The molecule has 9 heteroatoms. The summed E-state index contributed by atoms with van der Waals surface area (Å²) in [7, 11) is 0. The van der Waals surface area contributed by atoms with E-state index >= 15 is 0 Å². The lowest BCUT2D eigenvalue weighted by molar-refractivity contribution is -0.384. The molecule has 2 heterocycles. The van der Waals surface area contributed by atoms with Gasteiger partial charge in [0.2, 0.25) is 5.91 Å². The molecule has 2 aliphatic rings. The number of hydrogen-bond donors (Lipinski definition) is 0. The molecular weight excluding hydrogens is 524 g/mol. The number of nitrogens with zero attached hydrogens (tertiary/aromatic N) is 2. The number of aryl methyl sites for hydroxylation is 1. The molecule has 3 atom stereocenters. The van der Waals surface area contributed by atoms with Crippen LogP contribution in [0.5, 0.6) is 5.75 Å². The molecule has 0 unspecified atom stereocenters. The number of nitro groups is 1. The topological polar surface area (TPSA) is 116 Å². The highest BCUT2D eigenvalue weighted by atomic mass is 16.6. The van der Waals surface area contributed by atoms with E-state index in [1.165, 1.54) is 22.6 Å². The Hall–Kier alpha value is -4.53. The lowest BCUT2D eigenvalue weighted by atomic mass is 9.74. The molecule has 0 bridgehead atoms. The van der Waals surface area contributed by atoms with Gasteiger partial charge >= 0.3 is 11.9 Å². The molecule has 212 valence electrons. The number of fused-ring (bicyclic) bond motifs is 2. The highest BCUT2D eigenvalue weighted by Crippen LogP contribution is 2.49. The molecule has 2 aliphatic heterocycles. The summed E-state index contributed by atoms with van der Waals surface area (Å²) in [5.74, 6) is -1.81. The Labute approximate surface area is 237 Å². The third-order valence-corrected chi connectivity index (χ3v) is 8.08. The molecule has 3 aromatic carbocycles. The van der Waals surface area contributed by atoms with Crippen LogP contribution in [0.25, 0.3) is 10.8 Å². The summed E-state index contributed by atoms with van der Waals surface area (Å²) in [6.07, 6.45) is 1.96. The van der Waals surface area contributed by atoms with Crippen LogP contribution in [0.1, 0.15) is 50.0 Å². The number of carbonyl (C=O) groups excluding carboxylic acids is 3. The van der Waals surface area contributed by atoms with Crippen molar-refractivity contribution in [2.24, 2.45) is 17.8 Å². The summed E-state index contributed by atoms with van der Waals surface area (Å²) in [6.45, 7) is 8.08. The van der Waals surface area contributed by atoms with Crippen LogP contribution in [-0.4, -0.2) is 40.3 Å². The summed E-state index contributed by atoms with van der Waals surface area (Å²) in [5.41, 5.74) is 1.65. The summed E-state index contributed by atoms with van der Waals surface area (Å²) in [4.78, 5) is 51.2. The fourth-order valence-corrected chi connectivity index (χ4v) is 6.04. The first-order chi connectivity index (χ1) is 19.6. The molecule has 5 rings (SSSR count). The fraction of sp³-hybridized carbons (Fsp3) is 0.344. The molecule has 1 fully saturated rings. The van der Waals surface area contributed by atoms with Gasteiger partial charge in [0.15, 0.2) is 0 Å². The predicted molar refractivity (Wildman–Crippen MR) is 152 cm³/mol. The van der Waals surface area contributed by atoms with Crippen molar-refractivity contribution in [2.45, 2.75) is 46.6 Å². The van der Waals surface area contributed by atoms with Crippen molar-refractivity contribution in [3.8, 4) is 5.75 Å². The van der Waals surface area contributed by atoms with Crippen LogP contribution in [0, 0.1) is 27.9 Å². The average Bonchev–Trinajstić information content (AvgIpc) is 3.19. The van der Waals surface area contributed by atoms with Gasteiger partial charge in [0, 0.05) is 29.0 Å². The Morgan fingerprint density at radius 2 is 1.68 bits per heavy atom. The van der Waals surface area contributed by atoms with E-state index in [2.05, 4.69) is 19.1 Å². The van der Waals surface area contributed by atoms with E-state index in [-0.39, 0.29) is 53.3 Å². The maximum absolute atomic E-state index is 13.5. The molecule has 3 aromatic rings. The van der Waals surface area contributed by atoms with Crippen molar-refractivity contribution in [2.75, 3.05) is 6.61 Å². The van der Waals surface area contributed by atoms with Gasteiger partial charge in [-0.2, -0.15) is 0 Å². The number of carbonyl (C=O) groups is 3. The number of benzene rings is 3. The molecule has 0 radical (unpaired) electrons. The first-order valence-corrected chi connectivity index (χ1v) is 13.8. The summed E-state index contributed by atoms with van der Waals surface area (Å²) < 4.78 is 11.5. The molecule has 1 amide bonds. The SMILES string of the molecule is CCCc1cccc2c(OCC3=C(C(=O)OC(=O)c4ccc([N+](=O)[O-])cc4)N4C(=O)[C@H](C(C)C)[C@H]4[C@H]3C)cccc12. The van der Waals surface area contributed by atoms with Crippen molar-refractivity contribution in [3.63, 3.8) is 0 Å². The van der Waals surface area contributed by atoms with Crippen molar-refractivity contribution < 1.29 is 28.8 Å². The second-order valence-electron chi connectivity index (χ2n) is 10.9. The van der Waals surface area contributed by atoms with E-state index in [9.17, 15) is 24.5 Å². The number of nitro benzene ring substituents is 1. The van der Waals surface area contributed by atoms with E-state index in [1.54, 1.807) is 0 Å². The highest BCUT2D eigenvalue weighted by Gasteiger charge is 2.59. The van der Waals surface area contributed by atoms with Crippen LogP contribution in [-0.2, 0) is 20.7 Å². The monoisotopic (exact) mass is 556 g/mol. The number of hydrogen-bond acceptors (Lipinski definition) is 7. The van der Waals surface area contributed by atoms with Gasteiger partial charge in [-0.05, 0) is 41.5 Å². The quantitative estimate of drug-likeness (QED) is 0.107.